The molecule has 1 aromatic heterocycles. The van der Waals surface area contributed by atoms with E-state index in [1.807, 2.05) is 18.4 Å². The Labute approximate surface area is 185 Å². The molecule has 0 amide bonds. The van der Waals surface area contributed by atoms with Gasteiger partial charge in [0.1, 0.15) is 0 Å². The minimum Gasteiger partial charge on any atom is -0.363 e. The van der Waals surface area contributed by atoms with Gasteiger partial charge in [0.05, 0.1) is 5.00 Å². The van der Waals surface area contributed by atoms with Gasteiger partial charge in [-0.2, -0.15) is 0 Å². The minimum absolute atomic E-state index is 0.0632. The van der Waals surface area contributed by atoms with Gasteiger partial charge in [0, 0.05) is 51.4 Å². The van der Waals surface area contributed by atoms with E-state index in [2.05, 4.69) is 81.1 Å². The molecule has 0 bridgehead atoms. The quantitative estimate of drug-likeness (QED) is 0.566. The standard InChI is InChI=1S/C24H35N5S/c1-24(2,29-15-10-19-7-4-5-8-20(19)17-29)18-26-23(25-3)27-21-11-13-28(14-12-21)22-9-6-16-30-22/h4-9,16,21H,10-15,17-18H2,1-3H3,(H2,25,26,27). The molecule has 1 saturated heterocycles. The number of thiophene rings is 1. The third-order valence-electron chi connectivity index (χ3n) is 6.55. The number of fused-ring (bicyclic) bond motifs is 1. The number of hydrogen-bond acceptors (Lipinski definition) is 4. The molecule has 2 aliphatic heterocycles. The molecule has 1 aromatic carbocycles. The van der Waals surface area contributed by atoms with E-state index in [0.717, 1.165) is 57.9 Å². The summed E-state index contributed by atoms with van der Waals surface area (Å²) in [5, 5.41) is 10.8. The predicted molar refractivity (Wildman–Crippen MR) is 129 cm³/mol. The number of aliphatic imine (C=N–C) groups is 1. The zero-order valence-electron chi connectivity index (χ0n) is 18.5. The molecule has 0 aliphatic carbocycles. The summed E-state index contributed by atoms with van der Waals surface area (Å²) in [6.07, 6.45) is 3.42. The lowest BCUT2D eigenvalue weighted by atomic mass is 9.94. The Morgan fingerprint density at radius 3 is 2.57 bits per heavy atom. The van der Waals surface area contributed by atoms with Crippen molar-refractivity contribution in [3.05, 3.63) is 52.9 Å². The summed E-state index contributed by atoms with van der Waals surface area (Å²) >= 11 is 1.83. The molecule has 4 rings (SSSR count). The number of benzene rings is 1. The molecule has 0 unspecified atom stereocenters. The van der Waals surface area contributed by atoms with Crippen LogP contribution in [-0.4, -0.2) is 55.7 Å². The molecule has 6 heteroatoms. The smallest absolute Gasteiger partial charge is 0.191 e. The predicted octanol–water partition coefficient (Wildman–Crippen LogP) is 3.72. The van der Waals surface area contributed by atoms with Gasteiger partial charge in [-0.1, -0.05) is 24.3 Å². The molecule has 0 radical (unpaired) electrons. The Kier molecular flexibility index (Phi) is 6.64. The van der Waals surface area contributed by atoms with Gasteiger partial charge in [-0.05, 0) is 61.7 Å². The second-order valence-corrected chi connectivity index (χ2v) is 9.96. The third-order valence-corrected chi connectivity index (χ3v) is 7.48. The van der Waals surface area contributed by atoms with Crippen LogP contribution in [0.1, 0.15) is 37.8 Å². The lowest BCUT2D eigenvalue weighted by molar-refractivity contribution is 0.107. The van der Waals surface area contributed by atoms with Crippen molar-refractivity contribution in [3.63, 3.8) is 0 Å². The van der Waals surface area contributed by atoms with Gasteiger partial charge < -0.3 is 15.5 Å². The van der Waals surface area contributed by atoms with Crippen LogP contribution in [0.3, 0.4) is 0 Å². The van der Waals surface area contributed by atoms with Crippen LogP contribution in [0.5, 0.6) is 0 Å². The van der Waals surface area contributed by atoms with E-state index in [9.17, 15) is 0 Å². The van der Waals surface area contributed by atoms with Crippen molar-refractivity contribution in [2.45, 2.75) is 51.2 Å². The third kappa shape index (κ3) is 4.98. The lowest BCUT2D eigenvalue weighted by Crippen LogP contribution is -2.56. The first-order valence-electron chi connectivity index (χ1n) is 11.1. The van der Waals surface area contributed by atoms with Crippen molar-refractivity contribution < 1.29 is 0 Å². The number of hydrogen-bond donors (Lipinski definition) is 2. The van der Waals surface area contributed by atoms with Crippen LogP contribution in [0.4, 0.5) is 5.00 Å². The fraction of sp³-hybridized carbons (Fsp3) is 0.542. The second kappa shape index (κ2) is 9.40. The maximum absolute atomic E-state index is 4.50. The molecular weight excluding hydrogens is 390 g/mol. The van der Waals surface area contributed by atoms with Crippen LogP contribution in [0.25, 0.3) is 0 Å². The van der Waals surface area contributed by atoms with Crippen LogP contribution >= 0.6 is 11.3 Å². The van der Waals surface area contributed by atoms with Crippen molar-refractivity contribution in [1.82, 2.24) is 15.5 Å². The normalized spacial score (nSPS) is 18.9. The maximum Gasteiger partial charge on any atom is 0.191 e. The summed E-state index contributed by atoms with van der Waals surface area (Å²) < 4.78 is 0. The Morgan fingerprint density at radius 1 is 1.10 bits per heavy atom. The summed E-state index contributed by atoms with van der Waals surface area (Å²) in [5.74, 6) is 0.926. The molecule has 0 spiro atoms. The average molecular weight is 426 g/mol. The number of piperidine rings is 1. The van der Waals surface area contributed by atoms with Crippen molar-refractivity contribution in [2.75, 3.05) is 38.1 Å². The van der Waals surface area contributed by atoms with Gasteiger partial charge in [0.15, 0.2) is 5.96 Å². The fourth-order valence-corrected chi connectivity index (χ4v) is 5.29. The monoisotopic (exact) mass is 425 g/mol. The van der Waals surface area contributed by atoms with E-state index >= 15 is 0 Å². The zero-order chi connectivity index (χ0) is 21.0. The van der Waals surface area contributed by atoms with Crippen molar-refractivity contribution >= 4 is 22.3 Å². The van der Waals surface area contributed by atoms with E-state index in [1.165, 1.54) is 16.1 Å². The molecule has 1 fully saturated rings. The molecule has 2 aromatic rings. The molecular formula is C24H35N5S. The summed E-state index contributed by atoms with van der Waals surface area (Å²) in [4.78, 5) is 9.59. The Balaban J connectivity index is 1.26. The summed E-state index contributed by atoms with van der Waals surface area (Å²) in [7, 11) is 1.88. The number of anilines is 1. The molecule has 162 valence electrons. The first kappa shape index (κ1) is 21.2. The number of nitrogens with zero attached hydrogens (tertiary/aromatic N) is 3. The molecule has 3 heterocycles. The van der Waals surface area contributed by atoms with Crippen LogP contribution in [-0.2, 0) is 13.0 Å². The highest BCUT2D eigenvalue weighted by Gasteiger charge is 2.30. The van der Waals surface area contributed by atoms with Gasteiger partial charge in [-0.15, -0.1) is 11.3 Å². The number of nitrogens with one attached hydrogen (secondary N) is 2. The van der Waals surface area contributed by atoms with E-state index in [0.29, 0.717) is 6.04 Å². The molecule has 30 heavy (non-hydrogen) atoms. The maximum atomic E-state index is 4.50. The van der Waals surface area contributed by atoms with Crippen LogP contribution in [0.2, 0.25) is 0 Å². The minimum atomic E-state index is 0.0632. The van der Waals surface area contributed by atoms with E-state index in [-0.39, 0.29) is 5.54 Å². The van der Waals surface area contributed by atoms with Crippen molar-refractivity contribution in [2.24, 2.45) is 4.99 Å². The number of rotatable bonds is 5. The average Bonchev–Trinajstić information content (AvgIpc) is 3.31. The van der Waals surface area contributed by atoms with Gasteiger partial charge in [0.2, 0.25) is 0 Å². The van der Waals surface area contributed by atoms with E-state index in [4.69, 9.17) is 0 Å². The lowest BCUT2D eigenvalue weighted by Gasteiger charge is -2.42. The fourth-order valence-electron chi connectivity index (χ4n) is 4.51. The summed E-state index contributed by atoms with van der Waals surface area (Å²) in [5.41, 5.74) is 3.04. The SMILES string of the molecule is CN=C(NCC(C)(C)N1CCc2ccccc2C1)NC1CCN(c2cccs2)CC1. The van der Waals surface area contributed by atoms with E-state index < -0.39 is 0 Å². The highest BCUT2D eigenvalue weighted by atomic mass is 32.1. The second-order valence-electron chi connectivity index (χ2n) is 9.04. The highest BCUT2D eigenvalue weighted by Crippen LogP contribution is 2.26. The Morgan fingerprint density at radius 2 is 1.87 bits per heavy atom. The first-order valence-corrected chi connectivity index (χ1v) is 12.0. The van der Waals surface area contributed by atoms with Crippen LogP contribution < -0.4 is 15.5 Å². The molecule has 2 N–H and O–H groups in total. The topological polar surface area (TPSA) is 42.9 Å². The van der Waals surface area contributed by atoms with Gasteiger partial charge in [-0.25, -0.2) is 0 Å². The van der Waals surface area contributed by atoms with Crippen LogP contribution in [0, 0.1) is 0 Å². The Hall–Kier alpha value is -2.05. The molecule has 0 saturated carbocycles. The first-order chi connectivity index (χ1) is 14.5. The summed E-state index contributed by atoms with van der Waals surface area (Å²) in [6, 6.07) is 13.7. The largest absolute Gasteiger partial charge is 0.363 e. The van der Waals surface area contributed by atoms with Crippen molar-refractivity contribution in [1.29, 1.82) is 0 Å². The van der Waals surface area contributed by atoms with Crippen LogP contribution in [0.15, 0.2) is 46.8 Å². The number of guanidine groups is 1. The van der Waals surface area contributed by atoms with Crippen molar-refractivity contribution in [3.8, 4) is 0 Å². The van der Waals surface area contributed by atoms with Gasteiger partial charge in [0.25, 0.3) is 0 Å². The van der Waals surface area contributed by atoms with E-state index in [1.54, 1.807) is 0 Å². The Bertz CT molecular complexity index is 837. The van der Waals surface area contributed by atoms with Gasteiger partial charge >= 0.3 is 0 Å². The molecule has 5 nitrogen and oxygen atoms in total. The zero-order valence-corrected chi connectivity index (χ0v) is 19.3. The highest BCUT2D eigenvalue weighted by molar-refractivity contribution is 7.14. The molecule has 2 aliphatic rings. The van der Waals surface area contributed by atoms with Gasteiger partial charge in [-0.3, -0.25) is 9.89 Å². The summed E-state index contributed by atoms with van der Waals surface area (Å²) in [6.45, 7) is 9.89. The molecule has 0 atom stereocenters.